The number of thiophene rings is 1. The van der Waals surface area contributed by atoms with Crippen LogP contribution in [0.4, 0.5) is 4.39 Å². The number of sulfonamides is 1. The third kappa shape index (κ3) is 4.11. The van der Waals surface area contributed by atoms with Crippen molar-refractivity contribution in [3.05, 3.63) is 69.7 Å². The Labute approximate surface area is 191 Å². The van der Waals surface area contributed by atoms with Gasteiger partial charge in [0.2, 0.25) is 15.0 Å². The highest BCUT2D eigenvalue weighted by Crippen LogP contribution is 2.28. The molecule has 5 rings (SSSR count). The fraction of sp³-hybridized carbons (Fsp3) is 0.250. The Morgan fingerprint density at radius 1 is 1.06 bits per heavy atom. The minimum Gasteiger partial charge on any atom is -0.295 e. The van der Waals surface area contributed by atoms with Gasteiger partial charge in [0.1, 0.15) is 5.82 Å². The molecule has 0 bridgehead atoms. The van der Waals surface area contributed by atoms with Crippen LogP contribution < -0.4 is 5.56 Å². The number of rotatable bonds is 5. The van der Waals surface area contributed by atoms with Gasteiger partial charge >= 0.3 is 0 Å². The highest BCUT2D eigenvalue weighted by Gasteiger charge is 2.28. The van der Waals surface area contributed by atoms with E-state index < -0.39 is 15.8 Å². The van der Waals surface area contributed by atoms with Crippen LogP contribution in [0.15, 0.2) is 57.5 Å². The highest BCUT2D eigenvalue weighted by atomic mass is 32.2. The van der Waals surface area contributed by atoms with Gasteiger partial charge in [-0.2, -0.15) is 13.9 Å². The predicted octanol–water partition coefficient (Wildman–Crippen LogP) is 2.53. The zero-order valence-corrected chi connectivity index (χ0v) is 19.2. The lowest BCUT2D eigenvalue weighted by Gasteiger charge is -2.33. The van der Waals surface area contributed by atoms with Crippen LogP contribution in [0.1, 0.15) is 5.69 Å². The van der Waals surface area contributed by atoms with Crippen LogP contribution in [0.25, 0.3) is 14.8 Å². The summed E-state index contributed by atoms with van der Waals surface area (Å²) in [6, 6.07) is 10.2. The van der Waals surface area contributed by atoms with Crippen molar-refractivity contribution in [1.29, 1.82) is 0 Å². The molecule has 3 aromatic heterocycles. The number of piperazine rings is 1. The topological polar surface area (TPSA) is 87.9 Å². The van der Waals surface area contributed by atoms with Gasteiger partial charge < -0.3 is 0 Å². The second-order valence-electron chi connectivity index (χ2n) is 7.30. The van der Waals surface area contributed by atoms with E-state index in [0.717, 1.165) is 22.0 Å². The van der Waals surface area contributed by atoms with Gasteiger partial charge in [0.15, 0.2) is 5.01 Å². The average Bonchev–Trinajstić information content (AvgIpc) is 3.45. The molecule has 0 N–H and O–H groups in total. The van der Waals surface area contributed by atoms with Crippen molar-refractivity contribution >= 4 is 37.7 Å². The maximum atomic E-state index is 13.1. The average molecular weight is 492 g/mol. The Morgan fingerprint density at radius 3 is 2.50 bits per heavy atom. The number of nitrogens with zero attached hydrogens (tertiary/aromatic N) is 5. The minimum atomic E-state index is -3.66. The van der Waals surface area contributed by atoms with E-state index in [2.05, 4.69) is 15.0 Å². The number of fused-ring (bicyclic) bond motifs is 1. The summed E-state index contributed by atoms with van der Waals surface area (Å²) in [5.74, 6) is -0.474. The maximum Gasteiger partial charge on any atom is 0.275 e. The summed E-state index contributed by atoms with van der Waals surface area (Å²) >= 11 is 2.92. The maximum absolute atomic E-state index is 13.1. The number of benzene rings is 1. The van der Waals surface area contributed by atoms with Crippen molar-refractivity contribution < 1.29 is 12.8 Å². The summed E-state index contributed by atoms with van der Waals surface area (Å²) in [6.07, 6.45) is 0. The van der Waals surface area contributed by atoms with Crippen LogP contribution in [0.5, 0.6) is 0 Å². The lowest BCUT2D eigenvalue weighted by molar-refractivity contribution is 0.180. The molecule has 1 aromatic carbocycles. The van der Waals surface area contributed by atoms with Gasteiger partial charge in [0, 0.05) is 38.8 Å². The molecule has 32 heavy (non-hydrogen) atoms. The van der Waals surface area contributed by atoms with Gasteiger partial charge in [-0.15, -0.1) is 11.3 Å². The van der Waals surface area contributed by atoms with E-state index >= 15 is 0 Å². The first-order chi connectivity index (χ1) is 15.4. The summed E-state index contributed by atoms with van der Waals surface area (Å²) in [7, 11) is -3.66. The largest absolute Gasteiger partial charge is 0.295 e. The van der Waals surface area contributed by atoms with Crippen LogP contribution in [-0.4, -0.2) is 58.4 Å². The summed E-state index contributed by atoms with van der Waals surface area (Å²) < 4.78 is 41.4. The SMILES string of the molecule is O=c1cc(CN2CCN(S(=O)(=O)c3ccc(F)cc3)CC2)nc2sc(-c3cccs3)nn12. The third-order valence-corrected chi connectivity index (χ3v) is 9.06. The first-order valence-corrected chi connectivity index (χ1v) is 13.0. The normalized spacial score (nSPS) is 16.0. The van der Waals surface area contributed by atoms with E-state index in [1.165, 1.54) is 38.4 Å². The Bertz CT molecular complexity index is 1410. The summed E-state index contributed by atoms with van der Waals surface area (Å²) in [6.45, 7) is 2.08. The Kier molecular flexibility index (Phi) is 5.63. The molecule has 1 fully saturated rings. The number of hydrogen-bond acceptors (Lipinski definition) is 8. The molecule has 0 aliphatic carbocycles. The monoisotopic (exact) mass is 491 g/mol. The molecule has 0 saturated carbocycles. The second kappa shape index (κ2) is 8.45. The van der Waals surface area contributed by atoms with E-state index in [9.17, 15) is 17.6 Å². The first kappa shape index (κ1) is 21.3. The Hall–Kier alpha value is -2.51. The number of aromatic nitrogens is 3. The van der Waals surface area contributed by atoms with Crippen molar-refractivity contribution in [3.8, 4) is 9.88 Å². The molecular formula is C20H18FN5O3S3. The highest BCUT2D eigenvalue weighted by molar-refractivity contribution is 7.89. The molecule has 12 heteroatoms. The van der Waals surface area contributed by atoms with Gasteiger partial charge in [-0.1, -0.05) is 17.4 Å². The van der Waals surface area contributed by atoms with Gasteiger partial charge in [0.05, 0.1) is 15.5 Å². The van der Waals surface area contributed by atoms with E-state index in [1.54, 1.807) is 11.3 Å². The van der Waals surface area contributed by atoms with E-state index in [4.69, 9.17) is 0 Å². The van der Waals surface area contributed by atoms with Gasteiger partial charge in [-0.05, 0) is 35.7 Å². The molecule has 4 heterocycles. The fourth-order valence-electron chi connectivity index (χ4n) is 3.55. The van der Waals surface area contributed by atoms with Gasteiger partial charge in [-0.3, -0.25) is 9.69 Å². The molecular weight excluding hydrogens is 473 g/mol. The zero-order chi connectivity index (χ0) is 22.3. The Balaban J connectivity index is 1.29. The van der Waals surface area contributed by atoms with Crippen molar-refractivity contribution in [1.82, 2.24) is 23.8 Å². The van der Waals surface area contributed by atoms with Crippen molar-refractivity contribution in [2.75, 3.05) is 26.2 Å². The van der Waals surface area contributed by atoms with Crippen LogP contribution in [-0.2, 0) is 16.6 Å². The molecule has 1 saturated heterocycles. The summed E-state index contributed by atoms with van der Waals surface area (Å²) in [5.41, 5.74) is 0.396. The van der Waals surface area contributed by atoms with Gasteiger partial charge in [-0.25, -0.2) is 17.8 Å². The molecule has 166 valence electrons. The third-order valence-electron chi connectivity index (χ3n) is 5.20. The lowest BCUT2D eigenvalue weighted by atomic mass is 10.3. The Morgan fingerprint density at radius 2 is 1.81 bits per heavy atom. The van der Waals surface area contributed by atoms with Crippen LogP contribution >= 0.6 is 22.7 Å². The van der Waals surface area contributed by atoms with E-state index in [0.29, 0.717) is 43.4 Å². The molecule has 0 atom stereocenters. The molecule has 0 amide bonds. The van der Waals surface area contributed by atoms with Crippen LogP contribution in [0.2, 0.25) is 0 Å². The number of halogens is 1. The summed E-state index contributed by atoms with van der Waals surface area (Å²) in [4.78, 5) is 20.8. The van der Waals surface area contributed by atoms with Gasteiger partial charge in [0.25, 0.3) is 5.56 Å². The second-order valence-corrected chi connectivity index (χ2v) is 11.1. The van der Waals surface area contributed by atoms with Crippen LogP contribution in [0.3, 0.4) is 0 Å². The minimum absolute atomic E-state index is 0.0826. The lowest BCUT2D eigenvalue weighted by Crippen LogP contribution is -2.48. The molecule has 0 unspecified atom stereocenters. The standard InChI is InChI=1S/C20H18FN5O3S3/c21-14-3-5-16(6-4-14)32(28,29)25-9-7-24(8-10-25)13-15-12-18(27)26-20(22-15)31-19(23-26)17-2-1-11-30-17/h1-6,11-12H,7-10,13H2. The molecule has 0 spiro atoms. The molecule has 1 aliphatic heterocycles. The van der Waals surface area contributed by atoms with Crippen molar-refractivity contribution in [3.63, 3.8) is 0 Å². The van der Waals surface area contributed by atoms with E-state index in [1.807, 2.05) is 17.5 Å². The fourth-order valence-corrected chi connectivity index (χ4v) is 6.69. The van der Waals surface area contributed by atoms with Crippen LogP contribution in [0, 0.1) is 5.82 Å². The molecule has 8 nitrogen and oxygen atoms in total. The van der Waals surface area contributed by atoms with Crippen molar-refractivity contribution in [2.24, 2.45) is 0 Å². The predicted molar refractivity (Wildman–Crippen MR) is 121 cm³/mol. The molecule has 0 radical (unpaired) electrons. The molecule has 1 aliphatic rings. The zero-order valence-electron chi connectivity index (χ0n) is 16.7. The smallest absolute Gasteiger partial charge is 0.275 e. The quantitative estimate of drug-likeness (QED) is 0.426. The van der Waals surface area contributed by atoms with E-state index in [-0.39, 0.29) is 10.5 Å². The summed E-state index contributed by atoms with van der Waals surface area (Å²) in [5, 5.41) is 7.08. The van der Waals surface area contributed by atoms with Crippen molar-refractivity contribution in [2.45, 2.75) is 11.4 Å². The first-order valence-electron chi connectivity index (χ1n) is 9.82. The molecule has 4 aromatic rings. The number of hydrogen-bond donors (Lipinski definition) is 0.